The van der Waals surface area contributed by atoms with Gasteiger partial charge in [0.15, 0.2) is 0 Å². The van der Waals surface area contributed by atoms with Crippen LogP contribution in [-0.4, -0.2) is 38.9 Å². The molecule has 1 aromatic heterocycles. The number of rotatable bonds is 3. The first kappa shape index (κ1) is 15.1. The van der Waals surface area contributed by atoms with Crippen molar-refractivity contribution < 1.29 is 17.9 Å². The lowest BCUT2D eigenvalue weighted by Gasteiger charge is -2.15. The van der Waals surface area contributed by atoms with Crippen LogP contribution in [0.2, 0.25) is 8.67 Å². The molecule has 0 aromatic carbocycles. The van der Waals surface area contributed by atoms with Crippen LogP contribution < -0.4 is 0 Å². The summed E-state index contributed by atoms with van der Waals surface area (Å²) in [7, 11) is -2.42. The maximum absolute atomic E-state index is 12.4. The van der Waals surface area contributed by atoms with Crippen LogP contribution in [-0.2, 0) is 19.6 Å². The van der Waals surface area contributed by atoms with Crippen molar-refractivity contribution in [2.24, 2.45) is 5.92 Å². The summed E-state index contributed by atoms with van der Waals surface area (Å²) in [5.41, 5.74) is 0. The van der Waals surface area contributed by atoms with Gasteiger partial charge in [-0.3, -0.25) is 4.79 Å². The van der Waals surface area contributed by atoms with Gasteiger partial charge < -0.3 is 4.74 Å². The normalized spacial score (nSPS) is 20.7. The average Bonchev–Trinajstić information content (AvgIpc) is 2.95. The Labute approximate surface area is 125 Å². The Hall–Kier alpha value is -0.340. The standard InChI is InChI=1S/C10H11Cl2NO4S2/c1-17-10(14)6-2-3-13(5-6)19(15,16)7-4-8(11)18-9(7)12/h4,6H,2-3,5H2,1H3. The zero-order valence-electron chi connectivity index (χ0n) is 9.93. The minimum atomic E-state index is -3.70. The van der Waals surface area contributed by atoms with Gasteiger partial charge in [-0.2, -0.15) is 4.31 Å². The molecule has 0 spiro atoms. The Morgan fingerprint density at radius 3 is 2.74 bits per heavy atom. The molecule has 1 aliphatic heterocycles. The van der Waals surface area contributed by atoms with Crippen molar-refractivity contribution in [3.63, 3.8) is 0 Å². The van der Waals surface area contributed by atoms with Crippen LogP contribution in [0.4, 0.5) is 0 Å². The quantitative estimate of drug-likeness (QED) is 0.789. The van der Waals surface area contributed by atoms with Gasteiger partial charge in [0.25, 0.3) is 0 Å². The van der Waals surface area contributed by atoms with Crippen LogP contribution in [0.5, 0.6) is 0 Å². The number of esters is 1. The fraction of sp³-hybridized carbons (Fsp3) is 0.500. The van der Waals surface area contributed by atoms with Crippen LogP contribution in [0.1, 0.15) is 6.42 Å². The van der Waals surface area contributed by atoms with Crippen molar-refractivity contribution in [1.29, 1.82) is 0 Å². The molecular formula is C10H11Cl2NO4S2. The summed E-state index contributed by atoms with van der Waals surface area (Å²) < 4.78 is 31.0. The third kappa shape index (κ3) is 2.90. The molecule has 0 aliphatic carbocycles. The predicted molar refractivity (Wildman–Crippen MR) is 73.2 cm³/mol. The second-order valence-electron chi connectivity index (χ2n) is 4.06. The number of carbonyl (C=O) groups is 1. The van der Waals surface area contributed by atoms with Crippen LogP contribution >= 0.6 is 34.5 Å². The summed E-state index contributed by atoms with van der Waals surface area (Å²) >= 11 is 12.6. The summed E-state index contributed by atoms with van der Waals surface area (Å²) in [5, 5.41) is 0. The zero-order chi connectivity index (χ0) is 14.2. The fourth-order valence-corrected chi connectivity index (χ4v) is 5.56. The third-order valence-corrected chi connectivity index (χ3v) is 6.55. The molecule has 0 N–H and O–H groups in total. The minimum Gasteiger partial charge on any atom is -0.469 e. The van der Waals surface area contributed by atoms with Crippen molar-refractivity contribution in [2.75, 3.05) is 20.2 Å². The van der Waals surface area contributed by atoms with E-state index in [1.54, 1.807) is 0 Å². The van der Waals surface area contributed by atoms with Gasteiger partial charge >= 0.3 is 5.97 Å². The van der Waals surface area contributed by atoms with E-state index in [0.29, 0.717) is 10.8 Å². The van der Waals surface area contributed by atoms with Gasteiger partial charge in [0, 0.05) is 13.1 Å². The molecule has 5 nitrogen and oxygen atoms in total. The number of hydrogen-bond acceptors (Lipinski definition) is 5. The third-order valence-electron chi connectivity index (χ3n) is 2.93. The van der Waals surface area contributed by atoms with Crippen LogP contribution in [0.3, 0.4) is 0 Å². The number of hydrogen-bond donors (Lipinski definition) is 0. The second-order valence-corrected chi connectivity index (χ2v) is 8.25. The zero-order valence-corrected chi connectivity index (χ0v) is 13.1. The predicted octanol–water partition coefficient (Wildman–Crippen LogP) is 2.24. The number of methoxy groups -OCH3 is 1. The number of carbonyl (C=O) groups excluding carboxylic acids is 1. The SMILES string of the molecule is COC(=O)C1CCN(S(=O)(=O)c2cc(Cl)sc2Cl)C1. The molecule has 0 amide bonds. The smallest absolute Gasteiger partial charge is 0.310 e. The summed E-state index contributed by atoms with van der Waals surface area (Å²) in [5.74, 6) is -0.820. The molecule has 1 unspecified atom stereocenters. The number of sulfonamides is 1. The maximum Gasteiger partial charge on any atom is 0.310 e. The van der Waals surface area contributed by atoms with E-state index in [-0.39, 0.29) is 22.3 Å². The molecule has 0 radical (unpaired) electrons. The molecule has 1 saturated heterocycles. The number of nitrogens with zero attached hydrogens (tertiary/aromatic N) is 1. The molecule has 106 valence electrons. The van der Waals surface area contributed by atoms with Gasteiger partial charge in [0.05, 0.1) is 17.4 Å². The molecule has 1 atom stereocenters. The number of halogens is 2. The first-order valence-electron chi connectivity index (χ1n) is 5.39. The highest BCUT2D eigenvalue weighted by atomic mass is 35.5. The van der Waals surface area contributed by atoms with Crippen molar-refractivity contribution in [1.82, 2.24) is 4.31 Å². The van der Waals surface area contributed by atoms with E-state index >= 15 is 0 Å². The van der Waals surface area contributed by atoms with Crippen molar-refractivity contribution in [3.8, 4) is 0 Å². The summed E-state index contributed by atoms with van der Waals surface area (Å²) in [6.07, 6.45) is 0.446. The highest BCUT2D eigenvalue weighted by Crippen LogP contribution is 2.37. The molecule has 2 heterocycles. The Morgan fingerprint density at radius 2 is 2.21 bits per heavy atom. The lowest BCUT2D eigenvalue weighted by atomic mass is 10.1. The number of ether oxygens (including phenoxy) is 1. The average molecular weight is 344 g/mol. The molecule has 1 aromatic rings. The lowest BCUT2D eigenvalue weighted by Crippen LogP contribution is -2.30. The van der Waals surface area contributed by atoms with Crippen LogP contribution in [0.15, 0.2) is 11.0 Å². The van der Waals surface area contributed by atoms with E-state index in [9.17, 15) is 13.2 Å². The lowest BCUT2D eigenvalue weighted by molar-refractivity contribution is -0.144. The molecular weight excluding hydrogens is 333 g/mol. The van der Waals surface area contributed by atoms with Gasteiger partial charge in [-0.15, -0.1) is 11.3 Å². The maximum atomic E-state index is 12.4. The highest BCUT2D eigenvalue weighted by Gasteiger charge is 2.37. The Kier molecular flexibility index (Phi) is 4.42. The molecule has 2 rings (SSSR count). The Bertz CT molecular complexity index is 599. The van der Waals surface area contributed by atoms with Gasteiger partial charge in [-0.25, -0.2) is 8.42 Å². The van der Waals surface area contributed by atoms with Crippen LogP contribution in [0.25, 0.3) is 0 Å². The number of thiophene rings is 1. The molecule has 0 bridgehead atoms. The fourth-order valence-electron chi connectivity index (χ4n) is 1.95. The van der Waals surface area contributed by atoms with Gasteiger partial charge in [-0.1, -0.05) is 23.2 Å². The van der Waals surface area contributed by atoms with Gasteiger partial charge in [0.2, 0.25) is 10.0 Å². The molecule has 1 fully saturated rings. The van der Waals surface area contributed by atoms with E-state index in [0.717, 1.165) is 11.3 Å². The molecule has 9 heteroatoms. The monoisotopic (exact) mass is 343 g/mol. The van der Waals surface area contributed by atoms with Crippen molar-refractivity contribution in [2.45, 2.75) is 11.3 Å². The molecule has 0 saturated carbocycles. The van der Waals surface area contributed by atoms with E-state index in [1.165, 1.54) is 17.5 Å². The first-order valence-corrected chi connectivity index (χ1v) is 8.40. The second kappa shape index (κ2) is 5.57. The van der Waals surface area contributed by atoms with Gasteiger partial charge in [0.1, 0.15) is 9.23 Å². The van der Waals surface area contributed by atoms with E-state index in [2.05, 4.69) is 4.74 Å². The van der Waals surface area contributed by atoms with E-state index in [4.69, 9.17) is 23.2 Å². The molecule has 1 aliphatic rings. The topological polar surface area (TPSA) is 63.7 Å². The van der Waals surface area contributed by atoms with Gasteiger partial charge in [-0.05, 0) is 12.5 Å². The van der Waals surface area contributed by atoms with Crippen molar-refractivity contribution >= 4 is 50.5 Å². The molecule has 19 heavy (non-hydrogen) atoms. The van der Waals surface area contributed by atoms with Crippen LogP contribution in [0, 0.1) is 5.92 Å². The first-order chi connectivity index (χ1) is 8.86. The summed E-state index contributed by atoms with van der Waals surface area (Å²) in [6, 6.07) is 1.33. The van der Waals surface area contributed by atoms with E-state index < -0.39 is 21.9 Å². The Balaban J connectivity index is 2.23. The highest BCUT2D eigenvalue weighted by molar-refractivity contribution is 7.89. The summed E-state index contributed by atoms with van der Waals surface area (Å²) in [6.45, 7) is 0.380. The van der Waals surface area contributed by atoms with Crippen molar-refractivity contribution in [3.05, 3.63) is 14.7 Å². The minimum absolute atomic E-state index is 0.00492. The largest absolute Gasteiger partial charge is 0.469 e. The van der Waals surface area contributed by atoms with E-state index in [1.807, 2.05) is 0 Å². The Morgan fingerprint density at radius 1 is 1.53 bits per heavy atom. The summed E-state index contributed by atoms with van der Waals surface area (Å²) in [4.78, 5) is 11.4.